The van der Waals surface area contributed by atoms with Crippen molar-refractivity contribution < 1.29 is 22.7 Å². The summed E-state index contributed by atoms with van der Waals surface area (Å²) in [6.07, 6.45) is 6.05. The number of para-hydroxylation sites is 1. The standard InChI is InChI=1S/C22H32N2O5S/c1-15-22(25)24-13-5-7-19(23-30(2,26)27)20(24)14-28-17-11-9-16(10-12-17)18-6-3-4-8-21(18)29-15/h3-4,6,8,15-17,19-20,23H,5,7,9-14H2,1-2H3/t15-,16-,17+,19+,20+/m1/s1. The molecule has 1 amide bonds. The summed E-state index contributed by atoms with van der Waals surface area (Å²) in [4.78, 5) is 15.1. The van der Waals surface area contributed by atoms with Crippen molar-refractivity contribution in [2.45, 2.75) is 75.7 Å². The highest BCUT2D eigenvalue weighted by Crippen LogP contribution is 2.39. The molecule has 5 rings (SSSR count). The maximum absolute atomic E-state index is 13.3. The lowest BCUT2D eigenvalue weighted by molar-refractivity contribution is -0.145. The van der Waals surface area contributed by atoms with Crippen LogP contribution in [0.3, 0.4) is 0 Å². The van der Waals surface area contributed by atoms with Crippen LogP contribution >= 0.6 is 0 Å². The summed E-state index contributed by atoms with van der Waals surface area (Å²) in [5.74, 6) is 1.07. The van der Waals surface area contributed by atoms with Crippen molar-refractivity contribution in [3.8, 4) is 5.75 Å². The molecule has 166 valence electrons. The van der Waals surface area contributed by atoms with Crippen molar-refractivity contribution in [3.63, 3.8) is 0 Å². The molecule has 1 saturated heterocycles. The number of piperidine rings is 1. The molecule has 1 N–H and O–H groups in total. The van der Waals surface area contributed by atoms with E-state index in [0.717, 1.165) is 44.1 Å². The molecule has 1 aliphatic carbocycles. The van der Waals surface area contributed by atoms with E-state index < -0.39 is 16.1 Å². The van der Waals surface area contributed by atoms with Crippen LogP contribution in [0.5, 0.6) is 5.75 Å². The molecule has 0 unspecified atom stereocenters. The van der Waals surface area contributed by atoms with E-state index in [1.165, 1.54) is 5.56 Å². The van der Waals surface area contributed by atoms with Gasteiger partial charge in [0, 0.05) is 12.6 Å². The van der Waals surface area contributed by atoms with Gasteiger partial charge in [0.15, 0.2) is 6.10 Å². The van der Waals surface area contributed by atoms with Gasteiger partial charge in [0.1, 0.15) is 5.75 Å². The minimum Gasteiger partial charge on any atom is -0.481 e. The highest BCUT2D eigenvalue weighted by atomic mass is 32.2. The van der Waals surface area contributed by atoms with E-state index in [9.17, 15) is 13.2 Å². The maximum atomic E-state index is 13.3. The van der Waals surface area contributed by atoms with E-state index in [0.29, 0.717) is 25.5 Å². The summed E-state index contributed by atoms with van der Waals surface area (Å²) in [6, 6.07) is 7.34. The van der Waals surface area contributed by atoms with Crippen LogP contribution in [0.15, 0.2) is 24.3 Å². The third-order valence-corrected chi connectivity index (χ3v) is 7.35. The molecular weight excluding hydrogens is 404 g/mol. The number of sulfonamides is 1. The lowest BCUT2D eigenvalue weighted by atomic mass is 9.82. The third kappa shape index (κ3) is 4.81. The van der Waals surface area contributed by atoms with Gasteiger partial charge in [0.2, 0.25) is 10.0 Å². The zero-order chi connectivity index (χ0) is 21.3. The highest BCUT2D eigenvalue weighted by molar-refractivity contribution is 7.88. The lowest BCUT2D eigenvalue weighted by Crippen LogP contribution is -2.60. The summed E-state index contributed by atoms with van der Waals surface area (Å²) in [5, 5.41) is 0. The third-order valence-electron chi connectivity index (χ3n) is 6.61. The predicted octanol–water partition coefficient (Wildman–Crippen LogP) is 2.42. The Hall–Kier alpha value is -1.64. The lowest BCUT2D eigenvalue weighted by Gasteiger charge is -2.42. The number of amides is 1. The number of hydrogen-bond acceptors (Lipinski definition) is 5. The average molecular weight is 437 g/mol. The normalized spacial score (nSPS) is 32.8. The van der Waals surface area contributed by atoms with E-state index >= 15 is 0 Å². The zero-order valence-electron chi connectivity index (χ0n) is 17.7. The van der Waals surface area contributed by atoms with Crippen LogP contribution in [0.1, 0.15) is 56.9 Å². The van der Waals surface area contributed by atoms with Crippen LogP contribution in [0.25, 0.3) is 0 Å². The second kappa shape index (κ2) is 8.85. The Balaban J connectivity index is 1.65. The minimum atomic E-state index is -3.39. The van der Waals surface area contributed by atoms with Gasteiger partial charge in [0.05, 0.1) is 25.0 Å². The van der Waals surface area contributed by atoms with Crippen molar-refractivity contribution in [2.75, 3.05) is 19.4 Å². The topological polar surface area (TPSA) is 84.9 Å². The van der Waals surface area contributed by atoms with Crippen molar-refractivity contribution in [1.82, 2.24) is 9.62 Å². The number of carbonyl (C=O) groups excluding carboxylic acids is 1. The van der Waals surface area contributed by atoms with Crippen molar-refractivity contribution in [1.29, 1.82) is 0 Å². The van der Waals surface area contributed by atoms with Gasteiger partial charge in [-0.05, 0) is 63.0 Å². The van der Waals surface area contributed by atoms with Crippen molar-refractivity contribution >= 4 is 15.9 Å². The van der Waals surface area contributed by atoms with E-state index in [1.54, 1.807) is 11.8 Å². The van der Waals surface area contributed by atoms with Crippen LogP contribution in [0.2, 0.25) is 0 Å². The summed E-state index contributed by atoms with van der Waals surface area (Å²) in [7, 11) is -3.39. The van der Waals surface area contributed by atoms with E-state index in [2.05, 4.69) is 10.8 Å². The quantitative estimate of drug-likeness (QED) is 0.770. The second-order valence-electron chi connectivity index (χ2n) is 8.84. The van der Waals surface area contributed by atoms with Gasteiger partial charge < -0.3 is 14.4 Å². The fraction of sp³-hybridized carbons (Fsp3) is 0.682. The molecule has 0 spiro atoms. The largest absolute Gasteiger partial charge is 0.481 e. The molecule has 3 atom stereocenters. The molecule has 4 aliphatic rings. The number of nitrogens with one attached hydrogen (secondary N) is 1. The monoisotopic (exact) mass is 436 g/mol. The molecule has 1 saturated carbocycles. The molecule has 2 fully saturated rings. The van der Waals surface area contributed by atoms with Crippen LogP contribution in [-0.4, -0.2) is 62.9 Å². The summed E-state index contributed by atoms with van der Waals surface area (Å²) in [6.45, 7) is 2.70. The SMILES string of the molecule is C[C@H]1Oc2ccccc2[C@H]2CC[C@H](CC2)OC[C@H]2[C@@H](NS(C)(=O)=O)CCCN2C1=O. The number of benzene rings is 1. The molecule has 3 aliphatic heterocycles. The maximum Gasteiger partial charge on any atom is 0.263 e. The van der Waals surface area contributed by atoms with Crippen LogP contribution in [-0.2, 0) is 19.6 Å². The smallest absolute Gasteiger partial charge is 0.263 e. The molecule has 2 bridgehead atoms. The molecule has 30 heavy (non-hydrogen) atoms. The number of hydrogen-bond donors (Lipinski definition) is 1. The summed E-state index contributed by atoms with van der Waals surface area (Å²) in [5.41, 5.74) is 1.17. The first-order valence-electron chi connectivity index (χ1n) is 11.0. The van der Waals surface area contributed by atoms with E-state index in [4.69, 9.17) is 9.47 Å². The van der Waals surface area contributed by atoms with Crippen molar-refractivity contribution in [2.24, 2.45) is 0 Å². The summed E-state index contributed by atoms with van der Waals surface area (Å²) >= 11 is 0. The molecule has 7 nitrogen and oxygen atoms in total. The fourth-order valence-corrected chi connectivity index (χ4v) is 5.95. The van der Waals surface area contributed by atoms with Crippen molar-refractivity contribution in [3.05, 3.63) is 29.8 Å². The fourth-order valence-electron chi connectivity index (χ4n) is 5.12. The van der Waals surface area contributed by atoms with Crippen LogP contribution in [0.4, 0.5) is 0 Å². The van der Waals surface area contributed by atoms with Gasteiger partial charge in [-0.2, -0.15) is 0 Å². The Bertz CT molecular complexity index is 866. The molecule has 1 aromatic carbocycles. The van der Waals surface area contributed by atoms with Gasteiger partial charge in [-0.3, -0.25) is 4.79 Å². The van der Waals surface area contributed by atoms with E-state index in [-0.39, 0.29) is 24.1 Å². The summed E-state index contributed by atoms with van der Waals surface area (Å²) < 4.78 is 39.0. The average Bonchev–Trinajstić information content (AvgIpc) is 2.72. The van der Waals surface area contributed by atoms with Gasteiger partial charge in [-0.1, -0.05) is 18.2 Å². The first-order chi connectivity index (χ1) is 14.3. The predicted molar refractivity (Wildman–Crippen MR) is 114 cm³/mol. The molecule has 8 heteroatoms. The number of fused-ring (bicyclic) bond motifs is 5. The first kappa shape index (κ1) is 21.6. The van der Waals surface area contributed by atoms with Gasteiger partial charge in [0.25, 0.3) is 5.91 Å². The number of carbonyl (C=O) groups is 1. The Labute approximate surface area is 179 Å². The van der Waals surface area contributed by atoms with Gasteiger partial charge in [-0.15, -0.1) is 0 Å². The Kier molecular flexibility index (Phi) is 6.36. The van der Waals surface area contributed by atoms with Gasteiger partial charge >= 0.3 is 0 Å². The Morgan fingerprint density at radius 1 is 1.10 bits per heavy atom. The molecular formula is C22H32N2O5S. The van der Waals surface area contributed by atoms with Crippen LogP contribution < -0.4 is 9.46 Å². The minimum absolute atomic E-state index is 0.120. The zero-order valence-corrected chi connectivity index (χ0v) is 18.6. The first-order valence-corrected chi connectivity index (χ1v) is 12.9. The molecule has 3 heterocycles. The highest BCUT2D eigenvalue weighted by Gasteiger charge is 2.39. The molecule has 1 aromatic rings. The van der Waals surface area contributed by atoms with Gasteiger partial charge in [-0.25, -0.2) is 13.1 Å². The molecule has 0 radical (unpaired) electrons. The van der Waals surface area contributed by atoms with Crippen LogP contribution in [0, 0.1) is 0 Å². The van der Waals surface area contributed by atoms with E-state index in [1.807, 2.05) is 18.2 Å². The second-order valence-corrected chi connectivity index (χ2v) is 10.6. The number of nitrogens with zero attached hydrogens (tertiary/aromatic N) is 1. The molecule has 0 aromatic heterocycles. The Morgan fingerprint density at radius 2 is 1.83 bits per heavy atom. The number of ether oxygens (including phenoxy) is 2. The Morgan fingerprint density at radius 3 is 2.57 bits per heavy atom. The number of rotatable bonds is 2.